The third kappa shape index (κ3) is 5.91. The maximum absolute atomic E-state index is 12.1. The van der Waals surface area contributed by atoms with E-state index < -0.39 is 0 Å². The summed E-state index contributed by atoms with van der Waals surface area (Å²) in [5.74, 6) is 2.10. The molecule has 0 aromatic heterocycles. The summed E-state index contributed by atoms with van der Waals surface area (Å²) < 4.78 is 21.5. The molecule has 0 spiro atoms. The van der Waals surface area contributed by atoms with Gasteiger partial charge in [-0.25, -0.2) is 0 Å². The Morgan fingerprint density at radius 2 is 1.60 bits per heavy atom. The number of rotatable bonds is 8. The fraction of sp³-hybridized carbons (Fsp3) is 0.316. The summed E-state index contributed by atoms with van der Waals surface area (Å²) in [5.41, 5.74) is 0.648. The molecule has 0 aliphatic carbocycles. The van der Waals surface area contributed by atoms with E-state index in [1.165, 1.54) is 0 Å². The van der Waals surface area contributed by atoms with Gasteiger partial charge in [-0.15, -0.1) is 0 Å². The van der Waals surface area contributed by atoms with Crippen molar-refractivity contribution >= 4 is 11.6 Å². The average molecular weight is 345 g/mol. The lowest BCUT2D eigenvalue weighted by Gasteiger charge is -2.12. The molecule has 1 amide bonds. The van der Waals surface area contributed by atoms with Gasteiger partial charge < -0.3 is 24.3 Å². The van der Waals surface area contributed by atoms with E-state index in [1.54, 1.807) is 44.6 Å². The first-order valence-electron chi connectivity index (χ1n) is 7.92. The zero-order valence-corrected chi connectivity index (χ0v) is 14.9. The first kappa shape index (κ1) is 18.4. The van der Waals surface area contributed by atoms with Gasteiger partial charge in [0.15, 0.2) is 6.61 Å². The first-order valence-corrected chi connectivity index (χ1v) is 7.92. The molecule has 0 heterocycles. The van der Waals surface area contributed by atoms with Crippen LogP contribution < -0.4 is 24.3 Å². The number of benzene rings is 2. The van der Waals surface area contributed by atoms with Crippen LogP contribution in [-0.4, -0.2) is 32.8 Å². The van der Waals surface area contributed by atoms with Crippen LogP contribution in [0.2, 0.25) is 0 Å². The predicted molar refractivity (Wildman–Crippen MR) is 95.9 cm³/mol. The Bertz CT molecular complexity index is 692. The number of anilines is 1. The summed E-state index contributed by atoms with van der Waals surface area (Å²) in [4.78, 5) is 12.1. The van der Waals surface area contributed by atoms with Crippen molar-refractivity contribution in [2.75, 3.05) is 26.1 Å². The number of ether oxygens (including phenoxy) is 4. The Morgan fingerprint density at radius 1 is 0.960 bits per heavy atom. The van der Waals surface area contributed by atoms with Gasteiger partial charge in [0.05, 0.1) is 20.3 Å². The van der Waals surface area contributed by atoms with Gasteiger partial charge >= 0.3 is 0 Å². The smallest absolute Gasteiger partial charge is 0.262 e. The molecule has 0 aliphatic rings. The number of hydrogen-bond donors (Lipinski definition) is 1. The molecule has 0 saturated carbocycles. The zero-order chi connectivity index (χ0) is 18.2. The van der Waals surface area contributed by atoms with Crippen LogP contribution in [0.5, 0.6) is 23.0 Å². The van der Waals surface area contributed by atoms with Gasteiger partial charge in [-0.1, -0.05) is 6.07 Å². The SMILES string of the molecule is COc1cc(OC)cc(OCC(=O)Nc2cccc(OC(C)C)c2)c1. The molecule has 2 rings (SSSR count). The second-order valence-electron chi connectivity index (χ2n) is 5.58. The highest BCUT2D eigenvalue weighted by Crippen LogP contribution is 2.27. The highest BCUT2D eigenvalue weighted by Gasteiger charge is 2.08. The van der Waals surface area contributed by atoms with Crippen molar-refractivity contribution in [2.45, 2.75) is 20.0 Å². The van der Waals surface area contributed by atoms with Gasteiger partial charge in [0.2, 0.25) is 0 Å². The Kier molecular flexibility index (Phi) is 6.51. The molecule has 0 atom stereocenters. The van der Waals surface area contributed by atoms with Crippen molar-refractivity contribution in [1.29, 1.82) is 0 Å². The molecule has 0 radical (unpaired) electrons. The minimum atomic E-state index is -0.275. The number of hydrogen-bond acceptors (Lipinski definition) is 5. The Labute approximate surface area is 147 Å². The van der Waals surface area contributed by atoms with Gasteiger partial charge in [-0.2, -0.15) is 0 Å². The summed E-state index contributed by atoms with van der Waals surface area (Å²) in [6.45, 7) is 3.76. The maximum Gasteiger partial charge on any atom is 0.262 e. The van der Waals surface area contributed by atoms with Gasteiger partial charge in [0.25, 0.3) is 5.91 Å². The van der Waals surface area contributed by atoms with E-state index in [0.29, 0.717) is 28.7 Å². The van der Waals surface area contributed by atoms with Gasteiger partial charge in [-0.3, -0.25) is 4.79 Å². The molecule has 25 heavy (non-hydrogen) atoms. The van der Waals surface area contributed by atoms with E-state index >= 15 is 0 Å². The van der Waals surface area contributed by atoms with Crippen LogP contribution in [0.3, 0.4) is 0 Å². The summed E-state index contributed by atoms with van der Waals surface area (Å²) in [6, 6.07) is 12.3. The quantitative estimate of drug-likeness (QED) is 0.793. The second kappa shape index (κ2) is 8.82. The number of methoxy groups -OCH3 is 2. The molecule has 0 fully saturated rings. The highest BCUT2D eigenvalue weighted by molar-refractivity contribution is 5.92. The van der Waals surface area contributed by atoms with Crippen molar-refractivity contribution in [1.82, 2.24) is 0 Å². The Morgan fingerprint density at radius 3 is 2.20 bits per heavy atom. The summed E-state index contributed by atoms with van der Waals surface area (Å²) in [5, 5.41) is 2.78. The van der Waals surface area contributed by atoms with Crippen LogP contribution in [0.1, 0.15) is 13.8 Å². The number of carbonyl (C=O) groups is 1. The number of amides is 1. The van der Waals surface area contributed by atoms with Crippen LogP contribution in [0.15, 0.2) is 42.5 Å². The molecule has 2 aromatic rings. The molecular weight excluding hydrogens is 322 g/mol. The van der Waals surface area contributed by atoms with E-state index in [0.717, 1.165) is 0 Å². The van der Waals surface area contributed by atoms with Crippen molar-refractivity contribution < 1.29 is 23.7 Å². The zero-order valence-electron chi connectivity index (χ0n) is 14.9. The summed E-state index contributed by atoms with van der Waals surface area (Å²) in [6.07, 6.45) is 0.0670. The molecule has 0 unspecified atom stereocenters. The van der Waals surface area contributed by atoms with E-state index in [-0.39, 0.29) is 18.6 Å². The lowest BCUT2D eigenvalue weighted by Crippen LogP contribution is -2.20. The third-order valence-electron chi connectivity index (χ3n) is 3.18. The second-order valence-corrected chi connectivity index (χ2v) is 5.58. The van der Waals surface area contributed by atoms with E-state index in [2.05, 4.69) is 5.32 Å². The van der Waals surface area contributed by atoms with Crippen molar-refractivity contribution in [3.8, 4) is 23.0 Å². The Balaban J connectivity index is 1.95. The van der Waals surface area contributed by atoms with Crippen molar-refractivity contribution in [3.05, 3.63) is 42.5 Å². The highest BCUT2D eigenvalue weighted by atomic mass is 16.5. The van der Waals surface area contributed by atoms with E-state index in [4.69, 9.17) is 18.9 Å². The fourth-order valence-corrected chi connectivity index (χ4v) is 2.13. The monoisotopic (exact) mass is 345 g/mol. The normalized spacial score (nSPS) is 10.3. The molecule has 6 heteroatoms. The fourth-order valence-electron chi connectivity index (χ4n) is 2.13. The Hall–Kier alpha value is -2.89. The minimum absolute atomic E-state index is 0.0670. The van der Waals surface area contributed by atoms with Crippen LogP contribution in [0, 0.1) is 0 Å². The molecular formula is C19H23NO5. The molecule has 0 saturated heterocycles. The third-order valence-corrected chi connectivity index (χ3v) is 3.18. The maximum atomic E-state index is 12.1. The standard InChI is InChI=1S/C19H23NO5/c1-13(2)25-15-7-5-6-14(8-15)20-19(21)12-24-18-10-16(22-3)9-17(11-18)23-4/h5-11,13H,12H2,1-4H3,(H,20,21). The van der Waals surface area contributed by atoms with Crippen molar-refractivity contribution in [3.63, 3.8) is 0 Å². The van der Waals surface area contributed by atoms with E-state index in [9.17, 15) is 4.79 Å². The van der Waals surface area contributed by atoms with Crippen molar-refractivity contribution in [2.24, 2.45) is 0 Å². The molecule has 6 nitrogen and oxygen atoms in total. The number of nitrogens with one attached hydrogen (secondary N) is 1. The average Bonchev–Trinajstić information content (AvgIpc) is 2.59. The number of carbonyl (C=O) groups excluding carboxylic acids is 1. The summed E-state index contributed by atoms with van der Waals surface area (Å²) >= 11 is 0. The van der Waals surface area contributed by atoms with Gasteiger partial charge in [-0.05, 0) is 26.0 Å². The van der Waals surface area contributed by atoms with Crippen LogP contribution in [0.4, 0.5) is 5.69 Å². The van der Waals surface area contributed by atoms with Crippen LogP contribution in [0.25, 0.3) is 0 Å². The van der Waals surface area contributed by atoms with Gasteiger partial charge in [0, 0.05) is 30.0 Å². The van der Waals surface area contributed by atoms with Crippen LogP contribution >= 0.6 is 0 Å². The molecule has 134 valence electrons. The first-order chi connectivity index (χ1) is 12.0. The van der Waals surface area contributed by atoms with Crippen LogP contribution in [-0.2, 0) is 4.79 Å². The largest absolute Gasteiger partial charge is 0.496 e. The summed E-state index contributed by atoms with van der Waals surface area (Å²) in [7, 11) is 3.11. The molecule has 2 aromatic carbocycles. The van der Waals surface area contributed by atoms with E-state index in [1.807, 2.05) is 26.0 Å². The topological polar surface area (TPSA) is 66.0 Å². The molecule has 1 N–H and O–H groups in total. The minimum Gasteiger partial charge on any atom is -0.496 e. The molecule has 0 aliphatic heterocycles. The van der Waals surface area contributed by atoms with Gasteiger partial charge in [0.1, 0.15) is 23.0 Å². The lowest BCUT2D eigenvalue weighted by molar-refractivity contribution is -0.118. The lowest BCUT2D eigenvalue weighted by atomic mass is 10.3. The molecule has 0 bridgehead atoms. The predicted octanol–water partition coefficient (Wildman–Crippen LogP) is 3.51.